The zero-order chi connectivity index (χ0) is 11.4. The molecule has 0 unspecified atom stereocenters. The van der Waals surface area contributed by atoms with Crippen LogP contribution in [0.5, 0.6) is 0 Å². The van der Waals surface area contributed by atoms with Gasteiger partial charge in [-0.1, -0.05) is 0 Å². The summed E-state index contributed by atoms with van der Waals surface area (Å²) in [4.78, 5) is 17.3. The van der Waals surface area contributed by atoms with Gasteiger partial charge in [0.2, 0.25) is 0 Å². The van der Waals surface area contributed by atoms with Gasteiger partial charge in [0.25, 0.3) is 5.91 Å². The fourth-order valence-electron chi connectivity index (χ4n) is 1.00. The molecule has 0 aliphatic heterocycles. The van der Waals surface area contributed by atoms with Crippen molar-refractivity contribution in [3.63, 3.8) is 0 Å². The highest BCUT2D eigenvalue weighted by Gasteiger charge is 2.15. The first-order valence-electron chi connectivity index (χ1n) is 4.69. The third-order valence-electron chi connectivity index (χ3n) is 2.21. The SMILES string of the molecule is CC(C)N(C)C(=O)c1ccc(C#N)cn1. The number of amides is 1. The molecule has 1 aromatic rings. The van der Waals surface area contributed by atoms with Gasteiger partial charge in [-0.15, -0.1) is 0 Å². The van der Waals surface area contributed by atoms with Crippen LogP contribution in [0.15, 0.2) is 18.3 Å². The average Bonchev–Trinajstić information content (AvgIpc) is 2.27. The molecule has 0 radical (unpaired) electrons. The van der Waals surface area contributed by atoms with Gasteiger partial charge in [-0.3, -0.25) is 4.79 Å². The van der Waals surface area contributed by atoms with Crippen LogP contribution < -0.4 is 0 Å². The minimum atomic E-state index is -0.130. The van der Waals surface area contributed by atoms with Crippen molar-refractivity contribution in [2.45, 2.75) is 19.9 Å². The summed E-state index contributed by atoms with van der Waals surface area (Å²) in [5, 5.41) is 8.58. The standard InChI is InChI=1S/C11H13N3O/c1-8(2)14(3)11(15)10-5-4-9(6-12)7-13-10/h4-5,7-8H,1-3H3. The number of nitriles is 1. The van der Waals surface area contributed by atoms with Crippen LogP contribution in [0.2, 0.25) is 0 Å². The van der Waals surface area contributed by atoms with E-state index in [9.17, 15) is 4.79 Å². The van der Waals surface area contributed by atoms with Crippen molar-refractivity contribution in [1.29, 1.82) is 5.26 Å². The molecule has 0 aliphatic carbocycles. The summed E-state index contributed by atoms with van der Waals surface area (Å²) in [6.45, 7) is 3.86. The number of aromatic nitrogens is 1. The number of hydrogen-bond donors (Lipinski definition) is 0. The lowest BCUT2D eigenvalue weighted by molar-refractivity contribution is 0.0749. The Morgan fingerprint density at radius 3 is 2.60 bits per heavy atom. The van der Waals surface area contributed by atoms with E-state index in [1.165, 1.54) is 6.20 Å². The summed E-state index contributed by atoms with van der Waals surface area (Å²) >= 11 is 0. The molecule has 0 atom stereocenters. The topological polar surface area (TPSA) is 57.0 Å². The van der Waals surface area contributed by atoms with Gasteiger partial charge < -0.3 is 4.90 Å². The van der Waals surface area contributed by atoms with Gasteiger partial charge in [-0.2, -0.15) is 5.26 Å². The molecule has 1 rings (SSSR count). The Hall–Kier alpha value is -1.89. The van der Waals surface area contributed by atoms with Gasteiger partial charge in [-0.25, -0.2) is 4.98 Å². The van der Waals surface area contributed by atoms with Crippen molar-refractivity contribution in [2.75, 3.05) is 7.05 Å². The lowest BCUT2D eigenvalue weighted by Crippen LogP contribution is -2.33. The summed E-state index contributed by atoms with van der Waals surface area (Å²) in [6, 6.07) is 5.25. The Morgan fingerprint density at radius 1 is 1.53 bits per heavy atom. The van der Waals surface area contributed by atoms with Crippen LogP contribution in [0.4, 0.5) is 0 Å². The molecule has 0 saturated carbocycles. The first kappa shape index (κ1) is 11.2. The van der Waals surface area contributed by atoms with E-state index in [0.717, 1.165) is 0 Å². The maximum absolute atomic E-state index is 11.8. The molecule has 0 fully saturated rings. The molecule has 78 valence electrons. The van der Waals surface area contributed by atoms with Crippen molar-refractivity contribution in [3.8, 4) is 6.07 Å². The normalized spacial score (nSPS) is 9.80. The van der Waals surface area contributed by atoms with Crippen LogP contribution in [-0.4, -0.2) is 28.9 Å². The monoisotopic (exact) mass is 203 g/mol. The van der Waals surface area contributed by atoms with E-state index in [-0.39, 0.29) is 11.9 Å². The summed E-state index contributed by atoms with van der Waals surface area (Å²) in [6.07, 6.45) is 1.40. The van der Waals surface area contributed by atoms with Crippen LogP contribution in [0, 0.1) is 11.3 Å². The molecule has 0 aliphatic rings. The molecule has 15 heavy (non-hydrogen) atoms. The first-order chi connectivity index (χ1) is 7.06. The van der Waals surface area contributed by atoms with Crippen LogP contribution in [0.1, 0.15) is 29.9 Å². The maximum Gasteiger partial charge on any atom is 0.272 e. The Kier molecular flexibility index (Phi) is 3.40. The lowest BCUT2D eigenvalue weighted by atomic mass is 10.2. The molecule has 4 heteroatoms. The van der Waals surface area contributed by atoms with E-state index >= 15 is 0 Å². The second kappa shape index (κ2) is 4.56. The van der Waals surface area contributed by atoms with Gasteiger partial charge >= 0.3 is 0 Å². The van der Waals surface area contributed by atoms with E-state index < -0.39 is 0 Å². The molecule has 0 N–H and O–H groups in total. The number of rotatable bonds is 2. The number of hydrogen-bond acceptors (Lipinski definition) is 3. The minimum absolute atomic E-state index is 0.130. The second-order valence-corrected chi connectivity index (χ2v) is 3.55. The average molecular weight is 203 g/mol. The summed E-state index contributed by atoms with van der Waals surface area (Å²) in [5.74, 6) is -0.130. The van der Waals surface area contributed by atoms with E-state index in [1.54, 1.807) is 24.1 Å². The fraction of sp³-hybridized carbons (Fsp3) is 0.364. The Bertz CT molecular complexity index is 389. The maximum atomic E-state index is 11.8. The zero-order valence-electron chi connectivity index (χ0n) is 9.06. The van der Waals surface area contributed by atoms with Crippen molar-refractivity contribution in [1.82, 2.24) is 9.88 Å². The number of nitrogens with zero attached hydrogens (tertiary/aromatic N) is 3. The predicted octanol–water partition coefficient (Wildman–Crippen LogP) is 1.43. The van der Waals surface area contributed by atoms with E-state index in [2.05, 4.69) is 4.98 Å². The van der Waals surface area contributed by atoms with Crippen molar-refractivity contribution < 1.29 is 4.79 Å². The van der Waals surface area contributed by atoms with Gasteiger partial charge in [0.15, 0.2) is 0 Å². The van der Waals surface area contributed by atoms with E-state index in [0.29, 0.717) is 11.3 Å². The lowest BCUT2D eigenvalue weighted by Gasteiger charge is -2.20. The van der Waals surface area contributed by atoms with Crippen LogP contribution >= 0.6 is 0 Å². The van der Waals surface area contributed by atoms with Crippen molar-refractivity contribution >= 4 is 5.91 Å². The fourth-order valence-corrected chi connectivity index (χ4v) is 1.00. The third kappa shape index (κ3) is 2.53. The Morgan fingerprint density at radius 2 is 2.20 bits per heavy atom. The van der Waals surface area contributed by atoms with Gasteiger partial charge in [0.1, 0.15) is 11.8 Å². The molecule has 1 heterocycles. The van der Waals surface area contributed by atoms with Crippen LogP contribution in [-0.2, 0) is 0 Å². The second-order valence-electron chi connectivity index (χ2n) is 3.55. The summed E-state index contributed by atoms with van der Waals surface area (Å²) in [5.41, 5.74) is 0.823. The first-order valence-corrected chi connectivity index (χ1v) is 4.69. The predicted molar refractivity (Wildman–Crippen MR) is 56.2 cm³/mol. The number of pyridine rings is 1. The molecular weight excluding hydrogens is 190 g/mol. The minimum Gasteiger partial charge on any atom is -0.338 e. The zero-order valence-corrected chi connectivity index (χ0v) is 9.06. The highest BCUT2D eigenvalue weighted by molar-refractivity contribution is 5.92. The Balaban J connectivity index is 2.89. The van der Waals surface area contributed by atoms with Gasteiger partial charge in [0, 0.05) is 19.3 Å². The molecule has 0 saturated heterocycles. The molecule has 0 spiro atoms. The molecule has 4 nitrogen and oxygen atoms in total. The molecule has 1 aromatic heterocycles. The van der Waals surface area contributed by atoms with Crippen LogP contribution in [0.3, 0.4) is 0 Å². The van der Waals surface area contributed by atoms with Crippen LogP contribution in [0.25, 0.3) is 0 Å². The molecule has 1 amide bonds. The Labute approximate surface area is 89.2 Å². The number of carbonyl (C=O) groups is 1. The molecule has 0 bridgehead atoms. The van der Waals surface area contributed by atoms with Crippen molar-refractivity contribution in [3.05, 3.63) is 29.6 Å². The van der Waals surface area contributed by atoms with E-state index in [4.69, 9.17) is 5.26 Å². The van der Waals surface area contributed by atoms with Gasteiger partial charge in [0.05, 0.1) is 5.56 Å². The van der Waals surface area contributed by atoms with Crippen molar-refractivity contribution in [2.24, 2.45) is 0 Å². The number of carbonyl (C=O) groups excluding carboxylic acids is 1. The summed E-state index contributed by atoms with van der Waals surface area (Å²) < 4.78 is 0. The summed E-state index contributed by atoms with van der Waals surface area (Å²) in [7, 11) is 1.73. The van der Waals surface area contributed by atoms with E-state index in [1.807, 2.05) is 19.9 Å². The molecule has 0 aromatic carbocycles. The third-order valence-corrected chi connectivity index (χ3v) is 2.21. The quantitative estimate of drug-likeness (QED) is 0.730. The molecular formula is C11H13N3O. The highest BCUT2D eigenvalue weighted by Crippen LogP contribution is 2.04. The highest BCUT2D eigenvalue weighted by atomic mass is 16.2. The van der Waals surface area contributed by atoms with Gasteiger partial charge in [-0.05, 0) is 26.0 Å². The smallest absolute Gasteiger partial charge is 0.272 e. The largest absolute Gasteiger partial charge is 0.338 e.